The van der Waals surface area contributed by atoms with Gasteiger partial charge in [-0.05, 0) is 53.8 Å². The number of hydrogen-bond donors (Lipinski definition) is 2. The van der Waals surface area contributed by atoms with Crippen LogP contribution in [0.2, 0.25) is 0 Å². The van der Waals surface area contributed by atoms with Gasteiger partial charge in [-0.25, -0.2) is 12.4 Å². The van der Waals surface area contributed by atoms with Crippen LogP contribution in [0.15, 0.2) is 64.5 Å². The van der Waals surface area contributed by atoms with Gasteiger partial charge in [-0.1, -0.05) is 32.9 Å². The highest BCUT2D eigenvalue weighted by molar-refractivity contribution is 7.90. The molecule has 0 radical (unpaired) electrons. The molecule has 3 N–H and O–H groups in total. The summed E-state index contributed by atoms with van der Waals surface area (Å²) in [6.45, 7) is 5.99. The van der Waals surface area contributed by atoms with Crippen LogP contribution >= 0.6 is 12.4 Å². The fourth-order valence-electron chi connectivity index (χ4n) is 4.81. The van der Waals surface area contributed by atoms with E-state index in [1.54, 1.807) is 49.6 Å². The van der Waals surface area contributed by atoms with E-state index in [9.17, 15) is 18.0 Å². The van der Waals surface area contributed by atoms with Crippen molar-refractivity contribution in [2.45, 2.75) is 44.7 Å². The number of pyridine rings is 1. The van der Waals surface area contributed by atoms with Gasteiger partial charge in [-0.2, -0.15) is 0 Å². The zero-order valence-corrected chi connectivity index (χ0v) is 23.7. The number of ether oxygens (including phenoxy) is 1. The van der Waals surface area contributed by atoms with Gasteiger partial charge in [0.25, 0.3) is 21.5 Å². The van der Waals surface area contributed by atoms with Gasteiger partial charge in [0, 0.05) is 42.5 Å². The molecule has 1 atom stereocenters. The number of aryl methyl sites for hydroxylation is 2. The molecule has 0 bridgehead atoms. The number of anilines is 1. The Balaban J connectivity index is 0.00000353. The summed E-state index contributed by atoms with van der Waals surface area (Å²) in [6, 6.07) is 11.9. The molecule has 1 aliphatic rings. The quantitative estimate of drug-likeness (QED) is 0.360. The predicted octanol–water partition coefficient (Wildman–Crippen LogP) is 4.04. The van der Waals surface area contributed by atoms with Gasteiger partial charge in [0.05, 0.1) is 10.6 Å². The first-order valence-corrected chi connectivity index (χ1v) is 13.9. The maximum atomic E-state index is 13.6. The predicted molar refractivity (Wildman–Crippen MR) is 154 cm³/mol. The third-order valence-corrected chi connectivity index (χ3v) is 8.61. The highest BCUT2D eigenvalue weighted by Crippen LogP contribution is 2.43. The van der Waals surface area contributed by atoms with Crippen LogP contribution in [0.25, 0.3) is 22.0 Å². The molecule has 4 aromatic rings. The Hall–Kier alpha value is -3.60. The molecule has 0 spiro atoms. The summed E-state index contributed by atoms with van der Waals surface area (Å²) in [7, 11) is -2.47. The summed E-state index contributed by atoms with van der Waals surface area (Å²) in [6.07, 6.45) is 3.13. The smallest absolute Gasteiger partial charge is 0.275 e. The first-order chi connectivity index (χ1) is 18.1. The number of carbonyl (C=O) groups is 1. The third-order valence-electron chi connectivity index (χ3n) is 6.92. The van der Waals surface area contributed by atoms with E-state index in [4.69, 9.17) is 10.5 Å². The number of amides is 1. The van der Waals surface area contributed by atoms with E-state index in [0.29, 0.717) is 28.0 Å². The maximum Gasteiger partial charge on any atom is 0.275 e. The Morgan fingerprint density at radius 3 is 2.36 bits per heavy atom. The molecular weight excluding hydrogens is 540 g/mol. The minimum atomic E-state index is -4.05. The van der Waals surface area contributed by atoms with Gasteiger partial charge < -0.3 is 20.4 Å². The second kappa shape index (κ2) is 10.5. The van der Waals surface area contributed by atoms with Gasteiger partial charge in [0.15, 0.2) is 11.9 Å². The number of rotatable bonds is 6. The summed E-state index contributed by atoms with van der Waals surface area (Å²) >= 11 is 0. The summed E-state index contributed by atoms with van der Waals surface area (Å²) in [5, 5.41) is 3.37. The molecule has 1 amide bonds. The SMILES string of the molecule is CCc1ccc(S(=O)(=O)n2ccc3c(-c4cc(CN)cc5c4OC(C(C)C)C(=O)N5)cn(C)c(=O)c32)cc1.Cl. The molecule has 206 valence electrons. The number of nitrogens with one attached hydrogen (secondary N) is 1. The summed E-state index contributed by atoms with van der Waals surface area (Å²) in [5.41, 5.74) is 8.96. The number of halogens is 1. The molecule has 1 aliphatic heterocycles. The van der Waals surface area contributed by atoms with E-state index in [2.05, 4.69) is 5.32 Å². The first kappa shape index (κ1) is 28.4. The standard InChI is InChI=1S/C28H30N4O5S.ClH/c1-5-17-6-8-19(9-7-17)38(35,36)32-11-10-20-22(15-31(4)28(34)24(20)32)21-12-18(14-29)13-23-26(21)37-25(16(2)3)27(33)30-23;/h6-13,15-16,25H,5,14,29H2,1-4H3,(H,30,33);1H. The average Bonchev–Trinajstić information content (AvgIpc) is 3.36. The lowest BCUT2D eigenvalue weighted by molar-refractivity contribution is -0.125. The van der Waals surface area contributed by atoms with Crippen LogP contribution in [0, 0.1) is 5.92 Å². The molecule has 9 nitrogen and oxygen atoms in total. The maximum absolute atomic E-state index is 13.6. The zero-order chi connectivity index (χ0) is 27.4. The Bertz CT molecular complexity index is 1740. The number of nitrogens with zero attached hydrogens (tertiary/aromatic N) is 2. The van der Waals surface area contributed by atoms with E-state index in [1.165, 1.54) is 10.8 Å². The molecular formula is C28H31ClN4O5S. The van der Waals surface area contributed by atoms with Crippen LogP contribution in [0.5, 0.6) is 5.75 Å². The molecule has 2 aromatic heterocycles. The average molecular weight is 571 g/mol. The molecule has 0 fully saturated rings. The van der Waals surface area contributed by atoms with Crippen molar-refractivity contribution < 1.29 is 17.9 Å². The first-order valence-electron chi connectivity index (χ1n) is 12.5. The van der Waals surface area contributed by atoms with Crippen molar-refractivity contribution in [2.75, 3.05) is 5.32 Å². The van der Waals surface area contributed by atoms with Crippen molar-refractivity contribution in [3.05, 3.63) is 76.3 Å². The lowest BCUT2D eigenvalue weighted by Crippen LogP contribution is -2.40. The normalized spacial score (nSPS) is 15.0. The zero-order valence-electron chi connectivity index (χ0n) is 22.1. The Morgan fingerprint density at radius 1 is 1.05 bits per heavy atom. The molecule has 2 aromatic carbocycles. The Kier molecular flexibility index (Phi) is 7.66. The molecule has 0 saturated carbocycles. The Labute approximate surface area is 233 Å². The van der Waals surface area contributed by atoms with Gasteiger partial charge in [-0.3, -0.25) is 9.59 Å². The number of fused-ring (bicyclic) bond motifs is 2. The van der Waals surface area contributed by atoms with Crippen LogP contribution in [0.3, 0.4) is 0 Å². The molecule has 3 heterocycles. The van der Waals surface area contributed by atoms with Crippen LogP contribution in [0.1, 0.15) is 31.9 Å². The van der Waals surface area contributed by atoms with E-state index in [1.807, 2.05) is 26.8 Å². The van der Waals surface area contributed by atoms with Crippen molar-refractivity contribution in [1.82, 2.24) is 8.54 Å². The number of nitrogens with two attached hydrogens (primary N) is 1. The topological polar surface area (TPSA) is 125 Å². The second-order valence-corrected chi connectivity index (χ2v) is 11.6. The highest BCUT2D eigenvalue weighted by Gasteiger charge is 2.33. The second-order valence-electron chi connectivity index (χ2n) is 9.83. The summed E-state index contributed by atoms with van der Waals surface area (Å²) in [4.78, 5) is 26.1. The van der Waals surface area contributed by atoms with E-state index in [-0.39, 0.29) is 41.2 Å². The van der Waals surface area contributed by atoms with Crippen LogP contribution in [-0.4, -0.2) is 29.0 Å². The molecule has 0 saturated heterocycles. The largest absolute Gasteiger partial charge is 0.477 e. The molecule has 5 rings (SSSR count). The number of benzene rings is 2. The van der Waals surface area contributed by atoms with E-state index in [0.717, 1.165) is 21.5 Å². The van der Waals surface area contributed by atoms with Crippen molar-refractivity contribution >= 4 is 44.9 Å². The van der Waals surface area contributed by atoms with Crippen LogP contribution in [0.4, 0.5) is 5.69 Å². The van der Waals surface area contributed by atoms with Gasteiger partial charge in [0.1, 0.15) is 5.52 Å². The van der Waals surface area contributed by atoms with Gasteiger partial charge in [-0.15, -0.1) is 12.4 Å². The number of carbonyl (C=O) groups excluding carboxylic acids is 1. The third kappa shape index (κ3) is 4.73. The Morgan fingerprint density at radius 2 is 1.74 bits per heavy atom. The lowest BCUT2D eigenvalue weighted by Gasteiger charge is -2.30. The summed E-state index contributed by atoms with van der Waals surface area (Å²) in [5.74, 6) is 0.117. The molecule has 39 heavy (non-hydrogen) atoms. The highest BCUT2D eigenvalue weighted by atomic mass is 35.5. The van der Waals surface area contributed by atoms with Crippen molar-refractivity contribution in [1.29, 1.82) is 0 Å². The minimum Gasteiger partial charge on any atom is -0.477 e. The fourth-order valence-corrected chi connectivity index (χ4v) is 6.15. The van der Waals surface area contributed by atoms with Crippen LogP contribution < -0.4 is 21.3 Å². The molecule has 1 unspecified atom stereocenters. The molecule has 11 heteroatoms. The van der Waals surface area contributed by atoms with Gasteiger partial charge in [0.2, 0.25) is 0 Å². The van der Waals surface area contributed by atoms with Crippen molar-refractivity contribution in [3.63, 3.8) is 0 Å². The van der Waals surface area contributed by atoms with Crippen molar-refractivity contribution in [2.24, 2.45) is 18.7 Å². The monoisotopic (exact) mass is 570 g/mol. The number of aromatic nitrogens is 2. The molecule has 0 aliphatic carbocycles. The van der Waals surface area contributed by atoms with E-state index < -0.39 is 21.7 Å². The fraction of sp³-hybridized carbons (Fsp3) is 0.286. The van der Waals surface area contributed by atoms with Crippen LogP contribution in [-0.2, 0) is 34.8 Å². The van der Waals surface area contributed by atoms with E-state index >= 15 is 0 Å². The lowest BCUT2D eigenvalue weighted by atomic mass is 9.97. The van der Waals surface area contributed by atoms with Gasteiger partial charge >= 0.3 is 0 Å². The number of hydrogen-bond acceptors (Lipinski definition) is 6. The summed E-state index contributed by atoms with van der Waals surface area (Å²) < 4.78 is 35.9. The minimum absolute atomic E-state index is 0. The van der Waals surface area contributed by atoms with Crippen molar-refractivity contribution in [3.8, 4) is 16.9 Å².